The molecule has 0 spiro atoms. The van der Waals surface area contributed by atoms with E-state index in [1.807, 2.05) is 46.9 Å². The molecule has 10 aromatic rings. The highest BCUT2D eigenvalue weighted by atomic mass is 32.1. The standard InChI is InChI=1S/C45H28N4S2/c1-3-13-27(14-4-1)43-46-44(28-15-5-2-6-16-28)48-45(47-43)29-23-25-30(26-24-29)49-34-20-10-7-17-31(34)37-40(49)38-32-18-8-11-21-35(32)50-42(38)39-33-19-9-12-22-36(33)51-41(37)39/h1-26,43H,(H,46,47,48). The van der Waals surface area contributed by atoms with Crippen LogP contribution >= 0.6 is 22.7 Å². The van der Waals surface area contributed by atoms with Gasteiger partial charge in [0.05, 0.1) is 11.0 Å². The summed E-state index contributed by atoms with van der Waals surface area (Å²) in [6.07, 6.45) is -0.241. The third-order valence-corrected chi connectivity index (χ3v) is 12.4. The Bertz CT molecular complexity index is 3010. The zero-order valence-electron chi connectivity index (χ0n) is 27.2. The number of aliphatic imine (C=N–C) groups is 2. The van der Waals surface area contributed by atoms with Crippen LogP contribution in [0.1, 0.15) is 22.9 Å². The van der Waals surface area contributed by atoms with E-state index < -0.39 is 0 Å². The van der Waals surface area contributed by atoms with Gasteiger partial charge in [-0.15, -0.1) is 22.7 Å². The largest absolute Gasteiger partial charge is 0.344 e. The molecule has 6 heteroatoms. The Balaban J connectivity index is 1.14. The van der Waals surface area contributed by atoms with Gasteiger partial charge in [0, 0.05) is 67.9 Å². The van der Waals surface area contributed by atoms with E-state index in [9.17, 15) is 0 Å². The number of benzene rings is 7. The second-order valence-corrected chi connectivity index (χ2v) is 15.1. The monoisotopic (exact) mass is 688 g/mol. The van der Waals surface area contributed by atoms with Crippen molar-refractivity contribution in [2.75, 3.05) is 0 Å². The summed E-state index contributed by atoms with van der Waals surface area (Å²) in [5.74, 6) is 1.54. The van der Waals surface area contributed by atoms with Gasteiger partial charge in [0.15, 0.2) is 5.84 Å². The van der Waals surface area contributed by atoms with E-state index in [-0.39, 0.29) is 6.17 Å². The minimum atomic E-state index is -0.241. The Morgan fingerprint density at radius 2 is 1.08 bits per heavy atom. The Kier molecular flexibility index (Phi) is 6.32. The van der Waals surface area contributed by atoms with Crippen LogP contribution in [-0.2, 0) is 0 Å². The molecule has 0 saturated heterocycles. The fourth-order valence-electron chi connectivity index (χ4n) is 7.77. The molecule has 0 radical (unpaired) electrons. The smallest absolute Gasteiger partial charge is 0.159 e. The van der Waals surface area contributed by atoms with E-state index in [2.05, 4.69) is 143 Å². The molecule has 1 N–H and O–H groups in total. The number of amidine groups is 2. The first-order valence-electron chi connectivity index (χ1n) is 17.1. The quantitative estimate of drug-likeness (QED) is 0.196. The molecule has 3 aromatic heterocycles. The molecule has 0 saturated carbocycles. The molecule has 0 fully saturated rings. The maximum atomic E-state index is 5.06. The number of aromatic nitrogens is 1. The van der Waals surface area contributed by atoms with Crippen LogP contribution in [-0.4, -0.2) is 16.2 Å². The topological polar surface area (TPSA) is 41.7 Å². The molecule has 4 heterocycles. The Hall–Kier alpha value is -6.08. The highest BCUT2D eigenvalue weighted by molar-refractivity contribution is 7.30. The Labute approximate surface area is 301 Å². The molecule has 1 aliphatic rings. The molecule has 240 valence electrons. The summed E-state index contributed by atoms with van der Waals surface area (Å²) in [6, 6.07) is 56.1. The molecular weight excluding hydrogens is 661 g/mol. The van der Waals surface area contributed by atoms with Gasteiger partial charge in [0.2, 0.25) is 0 Å². The van der Waals surface area contributed by atoms with Gasteiger partial charge < -0.3 is 9.88 Å². The van der Waals surface area contributed by atoms with Gasteiger partial charge in [-0.2, -0.15) is 0 Å². The summed E-state index contributed by atoms with van der Waals surface area (Å²) in [5, 5.41) is 11.6. The average Bonchev–Trinajstić information content (AvgIpc) is 3.88. The van der Waals surface area contributed by atoms with Gasteiger partial charge in [-0.05, 0) is 48.0 Å². The van der Waals surface area contributed by atoms with Crippen molar-refractivity contribution in [1.82, 2.24) is 9.88 Å². The van der Waals surface area contributed by atoms with Gasteiger partial charge in [-0.3, -0.25) is 0 Å². The molecule has 0 bridgehead atoms. The third kappa shape index (κ3) is 4.37. The first-order chi connectivity index (χ1) is 25.3. The maximum Gasteiger partial charge on any atom is 0.159 e. The molecule has 0 amide bonds. The third-order valence-electron chi connectivity index (χ3n) is 10.0. The number of thiophene rings is 2. The van der Waals surface area contributed by atoms with Crippen LogP contribution < -0.4 is 5.32 Å². The van der Waals surface area contributed by atoms with Crippen molar-refractivity contribution < 1.29 is 0 Å². The average molecular weight is 689 g/mol. The molecule has 51 heavy (non-hydrogen) atoms. The van der Waals surface area contributed by atoms with E-state index in [1.165, 1.54) is 62.2 Å². The number of rotatable bonds is 4. The van der Waals surface area contributed by atoms with Crippen molar-refractivity contribution >= 4 is 96.5 Å². The summed E-state index contributed by atoms with van der Waals surface area (Å²) in [6.45, 7) is 0. The van der Waals surface area contributed by atoms with Crippen molar-refractivity contribution in [3.63, 3.8) is 0 Å². The van der Waals surface area contributed by atoms with Crippen LogP contribution in [0, 0.1) is 0 Å². The summed E-state index contributed by atoms with van der Waals surface area (Å²) in [5.41, 5.74) is 6.71. The molecule has 11 rings (SSSR count). The number of fused-ring (bicyclic) bond motifs is 12. The first-order valence-corrected chi connectivity index (χ1v) is 18.8. The number of hydrogen-bond donors (Lipinski definition) is 1. The predicted octanol–water partition coefficient (Wildman–Crippen LogP) is 12.0. The molecule has 7 aromatic carbocycles. The van der Waals surface area contributed by atoms with Crippen LogP contribution in [0.2, 0.25) is 0 Å². The van der Waals surface area contributed by atoms with E-state index in [1.54, 1.807) is 0 Å². The summed E-state index contributed by atoms with van der Waals surface area (Å²) < 4.78 is 7.84. The van der Waals surface area contributed by atoms with Crippen molar-refractivity contribution in [2.24, 2.45) is 9.98 Å². The van der Waals surface area contributed by atoms with E-state index in [0.717, 1.165) is 34.0 Å². The second-order valence-electron chi connectivity index (χ2n) is 13.0. The van der Waals surface area contributed by atoms with Gasteiger partial charge >= 0.3 is 0 Å². The second kappa shape index (κ2) is 11.2. The fraction of sp³-hybridized carbons (Fsp3) is 0.0222. The molecule has 4 nitrogen and oxygen atoms in total. The maximum absolute atomic E-state index is 5.06. The molecule has 0 aliphatic carbocycles. The zero-order valence-corrected chi connectivity index (χ0v) is 28.9. The van der Waals surface area contributed by atoms with Crippen LogP contribution in [0.3, 0.4) is 0 Å². The molecular formula is C45H28N4S2. The summed E-state index contributed by atoms with van der Waals surface area (Å²) >= 11 is 3.83. The van der Waals surface area contributed by atoms with Gasteiger partial charge in [0.25, 0.3) is 0 Å². The van der Waals surface area contributed by atoms with Crippen molar-refractivity contribution in [2.45, 2.75) is 6.17 Å². The van der Waals surface area contributed by atoms with Crippen molar-refractivity contribution in [3.05, 3.63) is 174 Å². The van der Waals surface area contributed by atoms with Crippen molar-refractivity contribution in [3.8, 4) is 5.69 Å². The van der Waals surface area contributed by atoms with Crippen LogP contribution in [0.5, 0.6) is 0 Å². The van der Waals surface area contributed by atoms with E-state index >= 15 is 0 Å². The van der Waals surface area contributed by atoms with Gasteiger partial charge in [-0.25, -0.2) is 9.98 Å². The van der Waals surface area contributed by atoms with Gasteiger partial charge in [-0.1, -0.05) is 115 Å². The molecule has 1 aliphatic heterocycles. The lowest BCUT2D eigenvalue weighted by Crippen LogP contribution is -2.33. The Morgan fingerprint density at radius 3 is 1.78 bits per heavy atom. The van der Waals surface area contributed by atoms with Gasteiger partial charge in [0.1, 0.15) is 12.0 Å². The zero-order chi connectivity index (χ0) is 33.5. The lowest BCUT2D eigenvalue weighted by atomic mass is 10.0. The Morgan fingerprint density at radius 1 is 0.510 bits per heavy atom. The number of nitrogens with zero attached hydrogens (tertiary/aromatic N) is 3. The van der Waals surface area contributed by atoms with E-state index in [4.69, 9.17) is 9.98 Å². The molecule has 1 atom stereocenters. The van der Waals surface area contributed by atoms with Crippen LogP contribution in [0.15, 0.2) is 168 Å². The fourth-order valence-corrected chi connectivity index (χ4v) is 10.4. The van der Waals surface area contributed by atoms with Crippen LogP contribution in [0.25, 0.3) is 67.8 Å². The molecule has 1 unspecified atom stereocenters. The number of nitrogens with one attached hydrogen (secondary N) is 1. The minimum absolute atomic E-state index is 0.241. The lowest BCUT2D eigenvalue weighted by molar-refractivity contribution is 0.674. The number of hydrogen-bond acceptors (Lipinski definition) is 5. The highest BCUT2D eigenvalue weighted by Gasteiger charge is 2.25. The SMILES string of the molecule is c1ccc(C2=NC(c3ccccc3)NC(c3ccc(-n4c5ccccc5c5c6sc7ccccc7c6c6sc7ccccc7c6c54)cc3)=N2)cc1. The van der Waals surface area contributed by atoms with E-state index in [0.29, 0.717) is 0 Å². The minimum Gasteiger partial charge on any atom is -0.344 e. The number of para-hydroxylation sites is 1. The lowest BCUT2D eigenvalue weighted by Gasteiger charge is -2.23. The first kappa shape index (κ1) is 28.7. The normalized spacial score (nSPS) is 14.9. The summed E-state index contributed by atoms with van der Waals surface area (Å²) in [4.78, 5) is 10.1. The van der Waals surface area contributed by atoms with Crippen molar-refractivity contribution in [1.29, 1.82) is 0 Å². The van der Waals surface area contributed by atoms with Crippen LogP contribution in [0.4, 0.5) is 0 Å². The highest BCUT2D eigenvalue weighted by Crippen LogP contribution is 2.52. The summed E-state index contributed by atoms with van der Waals surface area (Å²) in [7, 11) is 0. The predicted molar refractivity (Wildman–Crippen MR) is 218 cm³/mol.